The van der Waals surface area contributed by atoms with Crippen LogP contribution in [0.5, 0.6) is 0 Å². The van der Waals surface area contributed by atoms with Crippen LogP contribution in [0.1, 0.15) is 16.1 Å². The maximum absolute atomic E-state index is 13.2. The van der Waals surface area contributed by atoms with E-state index in [1.807, 2.05) is 5.32 Å². The minimum Gasteiger partial charge on any atom is -0.370 e. The molecule has 0 bridgehead atoms. The molecule has 0 unspecified atom stereocenters. The van der Waals surface area contributed by atoms with Crippen LogP contribution in [0.2, 0.25) is 0 Å². The molecule has 0 spiro atoms. The van der Waals surface area contributed by atoms with Crippen LogP contribution in [0, 0.1) is 5.41 Å². The highest BCUT2D eigenvalue weighted by atomic mass is 32.2. The van der Waals surface area contributed by atoms with Crippen molar-refractivity contribution in [3.63, 3.8) is 0 Å². The summed E-state index contributed by atoms with van der Waals surface area (Å²) >= 11 is 0. The first-order valence-corrected chi connectivity index (χ1v) is 10.6. The first kappa shape index (κ1) is 24.6. The molecule has 0 aliphatic heterocycles. The van der Waals surface area contributed by atoms with Gasteiger partial charge in [0.2, 0.25) is 0 Å². The molecule has 29 heavy (non-hydrogen) atoms. The summed E-state index contributed by atoms with van der Waals surface area (Å²) in [5.74, 6) is -1.62. The Bertz CT molecular complexity index is 1110. The Balaban J connectivity index is 0.000000749. The number of halogens is 3. The Hall–Kier alpha value is -2.45. The Morgan fingerprint density at radius 1 is 1.28 bits per heavy atom. The van der Waals surface area contributed by atoms with Crippen molar-refractivity contribution in [2.75, 3.05) is 6.26 Å². The van der Waals surface area contributed by atoms with Gasteiger partial charge in [-0.05, 0) is 18.2 Å². The monoisotopic (exact) mass is 460 g/mol. The Kier molecular flexibility index (Phi) is 6.88. The van der Waals surface area contributed by atoms with Crippen LogP contribution < -0.4 is 16.4 Å². The summed E-state index contributed by atoms with van der Waals surface area (Å²) in [6.45, 7) is 0. The van der Waals surface area contributed by atoms with Gasteiger partial charge in [-0.2, -0.15) is 21.6 Å². The van der Waals surface area contributed by atoms with Gasteiger partial charge >= 0.3 is 13.8 Å². The van der Waals surface area contributed by atoms with Crippen molar-refractivity contribution in [1.29, 1.82) is 5.41 Å². The van der Waals surface area contributed by atoms with E-state index < -0.39 is 52.0 Å². The largest absolute Gasteiger partial charge is 0.417 e. The van der Waals surface area contributed by atoms with Crippen LogP contribution in [0.3, 0.4) is 0 Å². The third-order valence-electron chi connectivity index (χ3n) is 3.27. The molecular weight excluding hydrogens is 444 g/mol. The number of rotatable bonds is 2. The molecule has 1 amide bonds. The number of amides is 1. The second-order valence-electron chi connectivity index (χ2n) is 5.66. The molecule has 0 atom stereocenters. The SMILES string of the molecule is CS(=O)(=O)O.Cn1c(C(=O)NC(=N)N)cc2c(C(F)(F)F)cc(P(=O)(O)O)cc21. The van der Waals surface area contributed by atoms with Gasteiger partial charge < -0.3 is 20.1 Å². The molecule has 0 aliphatic carbocycles. The summed E-state index contributed by atoms with van der Waals surface area (Å²) in [5.41, 5.74) is 3.28. The fraction of sp³-hybridized carbons (Fsp3) is 0.231. The molecule has 16 heteroatoms. The van der Waals surface area contributed by atoms with Crippen molar-refractivity contribution in [2.45, 2.75) is 6.18 Å². The predicted octanol–water partition coefficient (Wildman–Crippen LogP) is 0.127. The van der Waals surface area contributed by atoms with E-state index >= 15 is 0 Å². The molecule has 11 nitrogen and oxygen atoms in total. The molecule has 7 N–H and O–H groups in total. The summed E-state index contributed by atoms with van der Waals surface area (Å²) in [4.78, 5) is 30.3. The molecule has 162 valence electrons. The Labute approximate surface area is 161 Å². The van der Waals surface area contributed by atoms with Crippen molar-refractivity contribution >= 4 is 45.8 Å². The second kappa shape index (κ2) is 8.12. The quantitative estimate of drug-likeness (QED) is 0.157. The molecule has 0 radical (unpaired) electrons. The number of alkyl halides is 3. The zero-order valence-corrected chi connectivity index (χ0v) is 16.4. The lowest BCUT2D eigenvalue weighted by Gasteiger charge is -2.12. The predicted molar refractivity (Wildman–Crippen MR) is 96.5 cm³/mol. The number of nitrogens with zero attached hydrogens (tertiary/aromatic N) is 1. The Morgan fingerprint density at radius 3 is 2.14 bits per heavy atom. The molecule has 0 saturated carbocycles. The zero-order chi connectivity index (χ0) is 22.9. The number of nitrogens with one attached hydrogen (secondary N) is 2. The van der Waals surface area contributed by atoms with Crippen molar-refractivity contribution in [2.24, 2.45) is 12.8 Å². The van der Waals surface area contributed by atoms with Crippen LogP contribution in [-0.2, 0) is 27.9 Å². The van der Waals surface area contributed by atoms with Gasteiger partial charge in [-0.3, -0.25) is 24.6 Å². The third-order valence-corrected chi connectivity index (χ3v) is 4.20. The average Bonchev–Trinajstić information content (AvgIpc) is 2.79. The number of carbonyl (C=O) groups is 1. The lowest BCUT2D eigenvalue weighted by molar-refractivity contribution is -0.136. The van der Waals surface area contributed by atoms with Gasteiger partial charge in [0.05, 0.1) is 17.1 Å². The van der Waals surface area contributed by atoms with Gasteiger partial charge in [-0.25, -0.2) is 0 Å². The van der Waals surface area contributed by atoms with Crippen molar-refractivity contribution in [3.8, 4) is 0 Å². The van der Waals surface area contributed by atoms with Crippen LogP contribution in [0.25, 0.3) is 10.9 Å². The van der Waals surface area contributed by atoms with Gasteiger partial charge in [-0.1, -0.05) is 0 Å². The highest BCUT2D eigenvalue weighted by molar-refractivity contribution is 7.85. The van der Waals surface area contributed by atoms with Gasteiger partial charge in [0, 0.05) is 18.0 Å². The number of guanidine groups is 1. The van der Waals surface area contributed by atoms with E-state index in [0.717, 1.165) is 16.7 Å². The Morgan fingerprint density at radius 2 is 1.76 bits per heavy atom. The van der Waals surface area contributed by atoms with Gasteiger partial charge in [0.25, 0.3) is 16.0 Å². The normalized spacial score (nSPS) is 12.3. The smallest absolute Gasteiger partial charge is 0.370 e. The van der Waals surface area contributed by atoms with Crippen molar-refractivity contribution in [1.82, 2.24) is 9.88 Å². The molecule has 2 aromatic rings. The van der Waals surface area contributed by atoms with Crippen molar-refractivity contribution in [3.05, 3.63) is 29.5 Å². The molecule has 1 aromatic carbocycles. The molecule has 0 aliphatic rings. The van der Waals surface area contributed by atoms with E-state index in [4.69, 9.17) is 15.7 Å². The summed E-state index contributed by atoms with van der Waals surface area (Å²) in [5, 5.41) is 7.70. The van der Waals surface area contributed by atoms with E-state index in [0.29, 0.717) is 12.3 Å². The van der Waals surface area contributed by atoms with Crippen LogP contribution in [0.4, 0.5) is 13.2 Å². The van der Waals surface area contributed by atoms with E-state index in [2.05, 4.69) is 0 Å². The summed E-state index contributed by atoms with van der Waals surface area (Å²) in [6, 6.07) is 2.16. The van der Waals surface area contributed by atoms with Crippen LogP contribution in [-0.4, -0.2) is 45.4 Å². The maximum atomic E-state index is 13.2. The van der Waals surface area contributed by atoms with Crippen LogP contribution >= 0.6 is 7.60 Å². The summed E-state index contributed by atoms with van der Waals surface area (Å²) < 4.78 is 77.9. The number of carbonyl (C=O) groups excluding carboxylic acids is 1. The van der Waals surface area contributed by atoms with E-state index in [1.165, 1.54) is 7.05 Å². The number of aryl methyl sites for hydroxylation is 1. The van der Waals surface area contributed by atoms with Crippen LogP contribution in [0.15, 0.2) is 18.2 Å². The van der Waals surface area contributed by atoms with Gasteiger partial charge in [0.15, 0.2) is 5.96 Å². The molecule has 1 aromatic heterocycles. The van der Waals surface area contributed by atoms with E-state index in [9.17, 15) is 40.7 Å². The number of aromatic nitrogens is 1. The topological polar surface area (TPSA) is 196 Å². The summed E-state index contributed by atoms with van der Waals surface area (Å²) in [7, 11) is -7.36. The lowest BCUT2D eigenvalue weighted by atomic mass is 10.1. The van der Waals surface area contributed by atoms with E-state index in [-0.39, 0.29) is 11.2 Å². The minimum atomic E-state index is -4.94. The molecule has 2 rings (SSSR count). The molecule has 0 saturated heterocycles. The highest BCUT2D eigenvalue weighted by Gasteiger charge is 2.36. The number of fused-ring (bicyclic) bond motifs is 1. The standard InChI is InChI=1S/C12H12F3N4O4P.CH4O3S/c1-19-8-3-5(24(21,22)23)2-7(12(13,14)15)6(8)4-9(19)10(20)18-11(16)17;1-5(2,3)4/h2-4H,1H3,(H2,21,22,23)(H4,16,17,18,20);1H3,(H,2,3,4). The number of hydrogen-bond donors (Lipinski definition) is 6. The van der Waals surface area contributed by atoms with E-state index in [1.54, 1.807) is 0 Å². The average molecular weight is 460 g/mol. The molecule has 0 fully saturated rings. The lowest BCUT2D eigenvalue weighted by Crippen LogP contribution is -2.36. The number of hydrogen-bond acceptors (Lipinski definition) is 5. The first-order chi connectivity index (χ1) is 12.8. The molecular formula is C13H16F3N4O7PS. The minimum absolute atomic E-state index is 0.197. The van der Waals surface area contributed by atoms with Gasteiger partial charge in [0.1, 0.15) is 5.69 Å². The summed E-state index contributed by atoms with van der Waals surface area (Å²) in [6.07, 6.45) is -4.17. The number of nitrogens with two attached hydrogens (primary N) is 1. The first-order valence-electron chi connectivity index (χ1n) is 7.17. The fourth-order valence-corrected chi connectivity index (χ4v) is 2.81. The third kappa shape index (κ3) is 6.83. The maximum Gasteiger partial charge on any atom is 0.417 e. The molecule has 1 heterocycles. The number of benzene rings is 1. The zero-order valence-electron chi connectivity index (χ0n) is 14.7. The van der Waals surface area contributed by atoms with Crippen molar-refractivity contribution < 1.29 is 45.3 Å². The van der Waals surface area contributed by atoms with Gasteiger partial charge in [-0.15, -0.1) is 0 Å². The second-order valence-corrected chi connectivity index (χ2v) is 8.73. The fourth-order valence-electron chi connectivity index (χ4n) is 2.22. The highest BCUT2D eigenvalue weighted by Crippen LogP contribution is 2.40.